The first-order valence-electron chi connectivity index (χ1n) is 6.41. The van der Waals surface area contributed by atoms with Gasteiger partial charge in [-0.2, -0.15) is 0 Å². The van der Waals surface area contributed by atoms with Gasteiger partial charge in [-0.3, -0.25) is 0 Å². The van der Waals surface area contributed by atoms with E-state index in [1.807, 2.05) is 24.3 Å². The van der Waals surface area contributed by atoms with Crippen LogP contribution in [0.1, 0.15) is 16.7 Å². The molecule has 0 amide bonds. The first-order chi connectivity index (χ1) is 9.70. The highest BCUT2D eigenvalue weighted by molar-refractivity contribution is 6.31. The summed E-state index contributed by atoms with van der Waals surface area (Å²) in [5, 5.41) is 3.45. The van der Waals surface area contributed by atoms with Crippen LogP contribution in [0.3, 0.4) is 0 Å². The fourth-order valence-corrected chi connectivity index (χ4v) is 2.22. The quantitative estimate of drug-likeness (QED) is 0.872. The molecule has 0 radical (unpaired) electrons. The van der Waals surface area contributed by atoms with Gasteiger partial charge in [0.25, 0.3) is 0 Å². The van der Waals surface area contributed by atoms with E-state index < -0.39 is 0 Å². The van der Waals surface area contributed by atoms with Crippen LogP contribution in [0.25, 0.3) is 0 Å². The second kappa shape index (κ2) is 7.39. The number of hydrogen-bond donors (Lipinski definition) is 1. The van der Waals surface area contributed by atoms with Crippen molar-refractivity contribution < 1.29 is 9.13 Å². The zero-order valence-electron chi connectivity index (χ0n) is 11.3. The number of nitrogens with one attached hydrogen (secondary N) is 1. The Balaban J connectivity index is 1.92. The lowest BCUT2D eigenvalue weighted by molar-refractivity contribution is 0.185. The standard InChI is InChI=1S/C16H17ClFNO/c1-20-11-13-5-2-4-12(8-13)9-19-10-14-6-3-7-15(18)16(14)17/h2-8,19H,9-11H2,1H3. The van der Waals surface area contributed by atoms with E-state index in [2.05, 4.69) is 11.4 Å². The molecule has 0 aliphatic carbocycles. The molecule has 2 rings (SSSR count). The van der Waals surface area contributed by atoms with Crippen molar-refractivity contribution in [1.29, 1.82) is 0 Å². The van der Waals surface area contributed by atoms with Gasteiger partial charge in [-0.1, -0.05) is 48.0 Å². The van der Waals surface area contributed by atoms with Crippen molar-refractivity contribution in [1.82, 2.24) is 5.32 Å². The van der Waals surface area contributed by atoms with Crippen molar-refractivity contribution in [2.24, 2.45) is 0 Å². The molecule has 0 heterocycles. The van der Waals surface area contributed by atoms with E-state index in [1.54, 1.807) is 13.2 Å². The Bertz CT molecular complexity index is 574. The third kappa shape index (κ3) is 4.04. The average Bonchev–Trinajstić information content (AvgIpc) is 2.44. The van der Waals surface area contributed by atoms with Crippen LogP contribution in [0.15, 0.2) is 42.5 Å². The van der Waals surface area contributed by atoms with E-state index in [4.69, 9.17) is 16.3 Å². The summed E-state index contributed by atoms with van der Waals surface area (Å²) in [4.78, 5) is 0. The zero-order chi connectivity index (χ0) is 14.4. The van der Waals surface area contributed by atoms with Crippen LogP contribution in [0.4, 0.5) is 4.39 Å². The molecule has 0 fully saturated rings. The Labute approximate surface area is 123 Å². The van der Waals surface area contributed by atoms with Gasteiger partial charge in [0, 0.05) is 20.2 Å². The molecule has 2 aromatic rings. The highest BCUT2D eigenvalue weighted by Crippen LogP contribution is 2.19. The van der Waals surface area contributed by atoms with Crippen molar-refractivity contribution in [2.45, 2.75) is 19.7 Å². The Morgan fingerprint density at radius 3 is 2.65 bits per heavy atom. The molecule has 0 aliphatic rings. The minimum Gasteiger partial charge on any atom is -0.380 e. The number of rotatable bonds is 6. The molecule has 1 N–H and O–H groups in total. The lowest BCUT2D eigenvalue weighted by Crippen LogP contribution is -2.13. The number of ether oxygens (including phenoxy) is 1. The predicted octanol–water partition coefficient (Wildman–Crippen LogP) is 3.92. The summed E-state index contributed by atoms with van der Waals surface area (Å²) in [5.41, 5.74) is 3.06. The normalized spacial score (nSPS) is 10.8. The molecule has 0 saturated carbocycles. The van der Waals surface area contributed by atoms with Crippen molar-refractivity contribution >= 4 is 11.6 Å². The third-order valence-electron chi connectivity index (χ3n) is 2.98. The van der Waals surface area contributed by atoms with E-state index in [1.165, 1.54) is 6.07 Å². The number of methoxy groups -OCH3 is 1. The van der Waals surface area contributed by atoms with Crippen LogP contribution < -0.4 is 5.32 Å². The summed E-state index contributed by atoms with van der Waals surface area (Å²) in [6, 6.07) is 13.0. The van der Waals surface area contributed by atoms with Crippen molar-refractivity contribution in [3.8, 4) is 0 Å². The number of halogens is 2. The summed E-state index contributed by atoms with van der Waals surface area (Å²) in [6.07, 6.45) is 0. The highest BCUT2D eigenvalue weighted by Gasteiger charge is 2.05. The second-order valence-corrected chi connectivity index (χ2v) is 4.95. The first kappa shape index (κ1) is 15.0. The average molecular weight is 294 g/mol. The molecule has 0 aliphatic heterocycles. The zero-order valence-corrected chi connectivity index (χ0v) is 12.1. The summed E-state index contributed by atoms with van der Waals surface area (Å²) < 4.78 is 18.4. The second-order valence-electron chi connectivity index (χ2n) is 4.57. The fourth-order valence-electron chi connectivity index (χ4n) is 2.02. The summed E-state index contributed by atoms with van der Waals surface area (Å²) in [6.45, 7) is 1.83. The van der Waals surface area contributed by atoms with Gasteiger partial charge in [0.2, 0.25) is 0 Å². The molecule has 2 aromatic carbocycles. The molecule has 20 heavy (non-hydrogen) atoms. The molecular formula is C16H17ClFNO. The van der Waals surface area contributed by atoms with Gasteiger partial charge < -0.3 is 10.1 Å². The smallest absolute Gasteiger partial charge is 0.142 e. The van der Waals surface area contributed by atoms with Gasteiger partial charge in [-0.05, 0) is 22.8 Å². The third-order valence-corrected chi connectivity index (χ3v) is 3.40. The SMILES string of the molecule is COCc1cccc(CNCc2cccc(F)c2Cl)c1. The van der Waals surface area contributed by atoms with E-state index in [0.717, 1.165) is 16.7 Å². The number of hydrogen-bond acceptors (Lipinski definition) is 2. The van der Waals surface area contributed by atoms with Crippen LogP contribution in [-0.2, 0) is 24.4 Å². The predicted molar refractivity (Wildman–Crippen MR) is 79.1 cm³/mol. The van der Waals surface area contributed by atoms with E-state index >= 15 is 0 Å². The molecule has 0 spiro atoms. The molecule has 0 unspecified atom stereocenters. The maximum absolute atomic E-state index is 13.3. The minimum absolute atomic E-state index is 0.188. The monoisotopic (exact) mass is 293 g/mol. The van der Waals surface area contributed by atoms with Crippen LogP contribution in [-0.4, -0.2) is 7.11 Å². The van der Waals surface area contributed by atoms with Crippen LogP contribution in [0.5, 0.6) is 0 Å². The van der Waals surface area contributed by atoms with Crippen molar-refractivity contribution in [3.63, 3.8) is 0 Å². The molecular weight excluding hydrogens is 277 g/mol. The van der Waals surface area contributed by atoms with Gasteiger partial charge in [-0.15, -0.1) is 0 Å². The van der Waals surface area contributed by atoms with Gasteiger partial charge >= 0.3 is 0 Å². The minimum atomic E-state index is -0.381. The van der Waals surface area contributed by atoms with Crippen LogP contribution in [0, 0.1) is 5.82 Å². The fraction of sp³-hybridized carbons (Fsp3) is 0.250. The molecule has 0 saturated heterocycles. The molecule has 0 aromatic heterocycles. The maximum atomic E-state index is 13.3. The maximum Gasteiger partial charge on any atom is 0.142 e. The molecule has 2 nitrogen and oxygen atoms in total. The van der Waals surface area contributed by atoms with Crippen LogP contribution in [0.2, 0.25) is 5.02 Å². The summed E-state index contributed by atoms with van der Waals surface area (Å²) >= 11 is 5.91. The lowest BCUT2D eigenvalue weighted by Gasteiger charge is -2.08. The summed E-state index contributed by atoms with van der Waals surface area (Å²) in [5.74, 6) is -0.381. The first-order valence-corrected chi connectivity index (χ1v) is 6.79. The summed E-state index contributed by atoms with van der Waals surface area (Å²) in [7, 11) is 1.68. The van der Waals surface area contributed by atoms with E-state index in [-0.39, 0.29) is 10.8 Å². The van der Waals surface area contributed by atoms with Crippen molar-refractivity contribution in [2.75, 3.05) is 7.11 Å². The highest BCUT2D eigenvalue weighted by atomic mass is 35.5. The van der Waals surface area contributed by atoms with Gasteiger partial charge in [0.05, 0.1) is 11.6 Å². The van der Waals surface area contributed by atoms with Crippen molar-refractivity contribution in [3.05, 3.63) is 70.0 Å². The van der Waals surface area contributed by atoms with Gasteiger partial charge in [-0.25, -0.2) is 4.39 Å². The Morgan fingerprint density at radius 2 is 1.85 bits per heavy atom. The largest absolute Gasteiger partial charge is 0.380 e. The number of benzene rings is 2. The van der Waals surface area contributed by atoms with Gasteiger partial charge in [0.1, 0.15) is 5.82 Å². The lowest BCUT2D eigenvalue weighted by atomic mass is 10.1. The van der Waals surface area contributed by atoms with E-state index in [0.29, 0.717) is 19.7 Å². The Morgan fingerprint density at radius 1 is 1.10 bits per heavy atom. The van der Waals surface area contributed by atoms with Crippen LogP contribution >= 0.6 is 11.6 Å². The molecule has 0 atom stereocenters. The Kier molecular flexibility index (Phi) is 5.53. The molecule has 4 heteroatoms. The molecule has 0 bridgehead atoms. The topological polar surface area (TPSA) is 21.3 Å². The molecule has 106 valence electrons. The van der Waals surface area contributed by atoms with E-state index in [9.17, 15) is 4.39 Å². The Hall–Kier alpha value is -1.42. The van der Waals surface area contributed by atoms with Gasteiger partial charge in [0.15, 0.2) is 0 Å².